The van der Waals surface area contributed by atoms with Crippen molar-refractivity contribution in [3.8, 4) is 5.69 Å². The largest absolute Gasteiger partial charge is 0.478 e. The number of nitro groups is 1. The normalized spacial score (nSPS) is 11.1. The van der Waals surface area contributed by atoms with E-state index in [1.54, 1.807) is 35.0 Å². The number of aromatic nitrogens is 1. The maximum atomic E-state index is 12.3. The number of benzene rings is 2. The Balaban J connectivity index is 1.48. The van der Waals surface area contributed by atoms with E-state index in [1.807, 2.05) is 0 Å². The summed E-state index contributed by atoms with van der Waals surface area (Å²) < 4.78 is 7.18. The minimum Gasteiger partial charge on any atom is -0.478 e. The molecule has 0 aliphatic rings. The van der Waals surface area contributed by atoms with Gasteiger partial charge in [-0.15, -0.1) is 0 Å². The van der Waals surface area contributed by atoms with E-state index in [0.29, 0.717) is 16.7 Å². The number of hydrogen-bond donors (Lipinski definition) is 2. The molecule has 31 heavy (non-hydrogen) atoms. The monoisotopic (exact) mass is 418 g/mol. The number of amides is 1. The van der Waals surface area contributed by atoms with Crippen LogP contribution in [0.4, 0.5) is 5.69 Å². The number of non-ortho nitro benzene ring substituents is 1. The Labute approximate surface area is 174 Å². The summed E-state index contributed by atoms with van der Waals surface area (Å²) in [5, 5.41) is 24.2. The summed E-state index contributed by atoms with van der Waals surface area (Å²) in [4.78, 5) is 33.6. The van der Waals surface area contributed by atoms with Crippen LogP contribution in [0.2, 0.25) is 0 Å². The second-order valence-corrected chi connectivity index (χ2v) is 6.44. The maximum absolute atomic E-state index is 12.3. The van der Waals surface area contributed by atoms with Gasteiger partial charge in [-0.2, -0.15) is 5.10 Å². The molecule has 0 aliphatic carbocycles. The lowest BCUT2D eigenvalue weighted by Crippen LogP contribution is -2.17. The first-order valence-corrected chi connectivity index (χ1v) is 8.95. The minimum absolute atomic E-state index is 0.0349. The standard InChI is InChI=1S/C21H14N4O6/c26-20(19-11-14-10-16(25(29)30)7-8-18(14)31-19)23-22-12-17-2-1-9-24(17)15-5-3-13(4-6-15)21(27)28/h1-12H,(H,23,26)(H,27,28)/b22-12-. The van der Waals surface area contributed by atoms with Gasteiger partial charge >= 0.3 is 11.9 Å². The molecule has 0 bridgehead atoms. The number of carboxylic acid groups (broad SMARTS) is 1. The quantitative estimate of drug-likeness (QED) is 0.279. The average Bonchev–Trinajstić information content (AvgIpc) is 3.40. The van der Waals surface area contributed by atoms with Gasteiger partial charge < -0.3 is 14.1 Å². The van der Waals surface area contributed by atoms with Crippen LogP contribution in [-0.4, -0.2) is 32.7 Å². The van der Waals surface area contributed by atoms with Gasteiger partial charge in [0.15, 0.2) is 5.76 Å². The predicted molar refractivity (Wildman–Crippen MR) is 111 cm³/mol. The van der Waals surface area contributed by atoms with Crippen molar-refractivity contribution in [1.82, 2.24) is 9.99 Å². The van der Waals surface area contributed by atoms with E-state index in [0.717, 1.165) is 5.69 Å². The zero-order chi connectivity index (χ0) is 22.0. The predicted octanol–water partition coefficient (Wildman–Crippen LogP) is 3.59. The van der Waals surface area contributed by atoms with E-state index in [1.165, 1.54) is 42.6 Å². The molecular weight excluding hydrogens is 404 g/mol. The average molecular weight is 418 g/mol. The van der Waals surface area contributed by atoms with Crippen LogP contribution in [0.5, 0.6) is 0 Å². The van der Waals surface area contributed by atoms with E-state index >= 15 is 0 Å². The Kier molecular flexibility index (Phi) is 5.02. The molecule has 0 aliphatic heterocycles. The van der Waals surface area contributed by atoms with Gasteiger partial charge in [-0.05, 0) is 48.5 Å². The molecule has 0 fully saturated rings. The SMILES string of the molecule is O=C(O)c1ccc(-n2cccc2/C=N\NC(=O)c2cc3cc([N+](=O)[O-])ccc3o2)cc1. The molecule has 1 amide bonds. The molecule has 4 rings (SSSR count). The number of furan rings is 1. The molecule has 154 valence electrons. The molecule has 2 aromatic carbocycles. The van der Waals surface area contributed by atoms with Crippen LogP contribution in [0.3, 0.4) is 0 Å². The molecule has 0 saturated heterocycles. The number of nitro benzene ring substituents is 1. The Hall–Kier alpha value is -4.73. The number of hydrogen-bond acceptors (Lipinski definition) is 6. The molecule has 0 atom stereocenters. The fourth-order valence-electron chi connectivity index (χ4n) is 2.97. The number of hydrazone groups is 1. The molecule has 2 heterocycles. The Morgan fingerprint density at radius 1 is 1.13 bits per heavy atom. The van der Waals surface area contributed by atoms with E-state index in [4.69, 9.17) is 9.52 Å². The van der Waals surface area contributed by atoms with Gasteiger partial charge in [0, 0.05) is 29.4 Å². The topological polar surface area (TPSA) is 140 Å². The van der Waals surface area contributed by atoms with Crippen molar-refractivity contribution in [2.45, 2.75) is 0 Å². The Bertz CT molecular complexity index is 1330. The van der Waals surface area contributed by atoms with Gasteiger partial charge in [0.1, 0.15) is 5.58 Å². The fraction of sp³-hybridized carbons (Fsp3) is 0. The molecular formula is C21H14N4O6. The van der Waals surface area contributed by atoms with Crippen LogP contribution in [0.25, 0.3) is 16.7 Å². The van der Waals surface area contributed by atoms with E-state index in [-0.39, 0.29) is 17.0 Å². The van der Waals surface area contributed by atoms with Crippen LogP contribution in [0.1, 0.15) is 26.6 Å². The summed E-state index contributed by atoms with van der Waals surface area (Å²) in [6.45, 7) is 0. The number of carboxylic acids is 1. The number of fused-ring (bicyclic) bond motifs is 1. The third kappa shape index (κ3) is 4.03. The lowest BCUT2D eigenvalue weighted by Gasteiger charge is -2.06. The van der Waals surface area contributed by atoms with E-state index in [2.05, 4.69) is 10.5 Å². The summed E-state index contributed by atoms with van der Waals surface area (Å²) in [6, 6.07) is 15.3. The zero-order valence-electron chi connectivity index (χ0n) is 15.8. The van der Waals surface area contributed by atoms with E-state index in [9.17, 15) is 19.7 Å². The number of aromatic carboxylic acids is 1. The third-order valence-electron chi connectivity index (χ3n) is 4.47. The highest BCUT2D eigenvalue weighted by Gasteiger charge is 2.14. The van der Waals surface area contributed by atoms with Crippen LogP contribution in [0, 0.1) is 10.1 Å². The smallest absolute Gasteiger partial charge is 0.335 e. The van der Waals surface area contributed by atoms with Crippen molar-refractivity contribution in [3.05, 3.63) is 94.0 Å². The molecule has 2 N–H and O–H groups in total. The van der Waals surface area contributed by atoms with Crippen molar-refractivity contribution in [3.63, 3.8) is 0 Å². The maximum Gasteiger partial charge on any atom is 0.335 e. The van der Waals surface area contributed by atoms with Gasteiger partial charge in [0.2, 0.25) is 0 Å². The second kappa shape index (κ2) is 7.95. The summed E-state index contributed by atoms with van der Waals surface area (Å²) >= 11 is 0. The summed E-state index contributed by atoms with van der Waals surface area (Å²) in [6.07, 6.45) is 3.20. The first-order chi connectivity index (χ1) is 14.9. The van der Waals surface area contributed by atoms with Crippen molar-refractivity contribution in [2.24, 2.45) is 5.10 Å². The lowest BCUT2D eigenvalue weighted by molar-refractivity contribution is -0.384. The summed E-state index contributed by atoms with van der Waals surface area (Å²) in [5.41, 5.74) is 4.14. The molecule has 10 nitrogen and oxygen atoms in total. The molecule has 0 spiro atoms. The number of nitrogens with one attached hydrogen (secondary N) is 1. The lowest BCUT2D eigenvalue weighted by atomic mass is 10.2. The molecule has 10 heteroatoms. The minimum atomic E-state index is -1.01. The van der Waals surface area contributed by atoms with Gasteiger partial charge in [0.25, 0.3) is 5.69 Å². The third-order valence-corrected chi connectivity index (χ3v) is 4.47. The number of nitrogens with zero attached hydrogens (tertiary/aromatic N) is 3. The molecule has 0 unspecified atom stereocenters. The fourth-order valence-corrected chi connectivity index (χ4v) is 2.97. The van der Waals surface area contributed by atoms with Crippen LogP contribution < -0.4 is 5.43 Å². The van der Waals surface area contributed by atoms with Crippen LogP contribution in [-0.2, 0) is 0 Å². The van der Waals surface area contributed by atoms with Gasteiger partial charge in [0.05, 0.1) is 22.4 Å². The van der Waals surface area contributed by atoms with Crippen molar-refractivity contribution in [1.29, 1.82) is 0 Å². The van der Waals surface area contributed by atoms with E-state index < -0.39 is 16.8 Å². The first kappa shape index (κ1) is 19.6. The molecule has 0 radical (unpaired) electrons. The number of rotatable bonds is 6. The van der Waals surface area contributed by atoms with Crippen molar-refractivity contribution in [2.75, 3.05) is 0 Å². The Morgan fingerprint density at radius 3 is 2.61 bits per heavy atom. The van der Waals surface area contributed by atoms with Crippen molar-refractivity contribution >= 4 is 34.7 Å². The molecule has 4 aromatic rings. The molecule has 2 aromatic heterocycles. The summed E-state index contributed by atoms with van der Waals surface area (Å²) in [7, 11) is 0. The number of carbonyl (C=O) groups excluding carboxylic acids is 1. The second-order valence-electron chi connectivity index (χ2n) is 6.44. The van der Waals surface area contributed by atoms with Crippen LogP contribution in [0.15, 0.2) is 76.4 Å². The highest BCUT2D eigenvalue weighted by molar-refractivity contribution is 5.97. The summed E-state index contributed by atoms with van der Waals surface area (Å²) in [5.74, 6) is -1.66. The van der Waals surface area contributed by atoms with Gasteiger partial charge in [-0.1, -0.05) is 0 Å². The zero-order valence-corrected chi connectivity index (χ0v) is 15.8. The Morgan fingerprint density at radius 2 is 1.90 bits per heavy atom. The highest BCUT2D eigenvalue weighted by atomic mass is 16.6. The molecule has 0 saturated carbocycles. The van der Waals surface area contributed by atoms with Gasteiger partial charge in [-0.25, -0.2) is 10.2 Å². The highest BCUT2D eigenvalue weighted by Crippen LogP contribution is 2.24. The van der Waals surface area contributed by atoms with Crippen LogP contribution >= 0.6 is 0 Å². The van der Waals surface area contributed by atoms with Gasteiger partial charge in [-0.3, -0.25) is 14.9 Å². The first-order valence-electron chi connectivity index (χ1n) is 8.95. The number of carbonyl (C=O) groups is 2. The van der Waals surface area contributed by atoms with Crippen molar-refractivity contribution < 1.29 is 24.0 Å².